The van der Waals surface area contributed by atoms with E-state index in [0.717, 1.165) is 16.7 Å². The number of thioether (sulfide) groups is 1. The molecule has 1 unspecified atom stereocenters. The predicted octanol–water partition coefficient (Wildman–Crippen LogP) is 3.59. The van der Waals surface area contributed by atoms with Crippen molar-refractivity contribution in [3.8, 4) is 23.3 Å². The van der Waals surface area contributed by atoms with Gasteiger partial charge in [-0.3, -0.25) is 19.3 Å². The summed E-state index contributed by atoms with van der Waals surface area (Å²) in [5, 5.41) is 11.1. The molecule has 35 heavy (non-hydrogen) atoms. The highest BCUT2D eigenvalue weighted by Gasteiger charge is 2.34. The van der Waals surface area contributed by atoms with E-state index in [-0.39, 0.29) is 18.0 Å². The van der Waals surface area contributed by atoms with Crippen LogP contribution < -0.4 is 19.5 Å². The second-order valence-corrected chi connectivity index (χ2v) is 8.36. The highest BCUT2D eigenvalue weighted by Crippen LogP contribution is 2.34. The summed E-state index contributed by atoms with van der Waals surface area (Å²) in [4.78, 5) is 38.8. The van der Waals surface area contributed by atoms with Crippen molar-refractivity contribution >= 4 is 34.9 Å². The Morgan fingerprint density at radius 3 is 2.60 bits per heavy atom. The van der Waals surface area contributed by atoms with Crippen molar-refractivity contribution in [2.45, 2.75) is 20.0 Å². The Morgan fingerprint density at radius 2 is 1.94 bits per heavy atom. The number of hydrogen-bond acceptors (Lipinski definition) is 8. The maximum absolute atomic E-state index is 12.7. The van der Waals surface area contributed by atoms with E-state index in [9.17, 15) is 14.4 Å². The van der Waals surface area contributed by atoms with Gasteiger partial charge in [-0.05, 0) is 73.6 Å². The molecule has 0 aromatic heterocycles. The molecule has 2 aromatic rings. The summed E-state index contributed by atoms with van der Waals surface area (Å²) in [6.45, 7) is 4.06. The van der Waals surface area contributed by atoms with E-state index in [1.165, 1.54) is 7.11 Å². The Hall–Kier alpha value is -3.97. The normalized spacial score (nSPS) is 15.0. The molecule has 1 heterocycles. The molecule has 1 aliphatic rings. The van der Waals surface area contributed by atoms with Crippen molar-refractivity contribution in [2.24, 2.45) is 0 Å². The first-order chi connectivity index (χ1) is 16.9. The van der Waals surface area contributed by atoms with Crippen LogP contribution in [0.4, 0.5) is 4.79 Å². The van der Waals surface area contributed by atoms with E-state index in [0.29, 0.717) is 35.0 Å². The largest absolute Gasteiger partial charge is 0.493 e. The van der Waals surface area contributed by atoms with Crippen LogP contribution in [-0.4, -0.2) is 54.9 Å². The van der Waals surface area contributed by atoms with E-state index < -0.39 is 23.2 Å². The number of nitrogens with zero attached hydrogens (tertiary/aromatic N) is 2. The number of nitrogens with one attached hydrogen (secondary N) is 1. The first kappa shape index (κ1) is 25.6. The van der Waals surface area contributed by atoms with Crippen LogP contribution in [0.3, 0.4) is 0 Å². The van der Waals surface area contributed by atoms with Gasteiger partial charge < -0.3 is 19.5 Å². The van der Waals surface area contributed by atoms with Gasteiger partial charge in [-0.1, -0.05) is 6.07 Å². The van der Waals surface area contributed by atoms with Gasteiger partial charge in [-0.2, -0.15) is 5.26 Å². The molecule has 10 heteroatoms. The third-order valence-corrected chi connectivity index (χ3v) is 5.87. The fraction of sp³-hybridized carbons (Fsp3) is 0.280. The van der Waals surface area contributed by atoms with E-state index in [1.54, 1.807) is 55.5 Å². The van der Waals surface area contributed by atoms with Crippen molar-refractivity contribution in [1.82, 2.24) is 10.2 Å². The Balaban J connectivity index is 1.55. The summed E-state index contributed by atoms with van der Waals surface area (Å²) < 4.78 is 16.4. The lowest BCUT2D eigenvalue weighted by atomic mass is 10.2. The van der Waals surface area contributed by atoms with Gasteiger partial charge in [0.2, 0.25) is 0 Å². The van der Waals surface area contributed by atoms with Gasteiger partial charge in [-0.25, -0.2) is 0 Å². The van der Waals surface area contributed by atoms with Gasteiger partial charge in [0.05, 0.1) is 30.3 Å². The van der Waals surface area contributed by atoms with Crippen LogP contribution in [-0.2, 0) is 9.59 Å². The molecule has 0 aliphatic carbocycles. The fourth-order valence-electron chi connectivity index (χ4n) is 3.19. The molecular weight excluding hydrogens is 470 g/mol. The Bertz CT molecular complexity index is 1170. The summed E-state index contributed by atoms with van der Waals surface area (Å²) in [6.07, 6.45) is 0.822. The van der Waals surface area contributed by atoms with E-state index >= 15 is 0 Å². The highest BCUT2D eigenvalue weighted by molar-refractivity contribution is 8.18. The van der Waals surface area contributed by atoms with Crippen LogP contribution in [0.1, 0.15) is 25.0 Å². The molecule has 0 saturated carbocycles. The lowest BCUT2D eigenvalue weighted by Crippen LogP contribution is -2.41. The van der Waals surface area contributed by atoms with E-state index in [1.807, 2.05) is 13.0 Å². The maximum atomic E-state index is 12.7. The number of rotatable bonds is 10. The smallest absolute Gasteiger partial charge is 0.293 e. The Kier molecular flexibility index (Phi) is 8.75. The zero-order valence-corrected chi connectivity index (χ0v) is 20.4. The third kappa shape index (κ3) is 6.55. The number of hydrogen-bond donors (Lipinski definition) is 1. The van der Waals surface area contributed by atoms with Crippen molar-refractivity contribution in [1.29, 1.82) is 5.26 Å². The zero-order valence-electron chi connectivity index (χ0n) is 19.6. The number of imide groups is 1. The number of methoxy groups -OCH3 is 1. The lowest BCUT2D eigenvalue weighted by molar-refractivity contribution is -0.128. The minimum Gasteiger partial charge on any atom is -0.493 e. The number of benzene rings is 2. The SMILES string of the molecule is CCOc1ccc(/C=C2\SC(=O)N(CCNC(=O)C(C)Oc3ccc(C#N)cc3)C2=O)cc1OC. The van der Waals surface area contributed by atoms with Crippen molar-refractivity contribution < 1.29 is 28.6 Å². The number of ether oxygens (including phenoxy) is 3. The highest BCUT2D eigenvalue weighted by atomic mass is 32.2. The molecule has 1 fully saturated rings. The Morgan fingerprint density at radius 1 is 1.20 bits per heavy atom. The molecule has 0 bridgehead atoms. The average molecular weight is 496 g/mol. The topological polar surface area (TPSA) is 118 Å². The number of amides is 3. The monoisotopic (exact) mass is 495 g/mol. The van der Waals surface area contributed by atoms with Crippen LogP contribution in [0.15, 0.2) is 47.4 Å². The second kappa shape index (κ2) is 11.9. The molecule has 1 aliphatic heterocycles. The minimum absolute atomic E-state index is 0.0317. The summed E-state index contributed by atoms with van der Waals surface area (Å²) in [5.41, 5.74) is 1.18. The molecule has 0 spiro atoms. The predicted molar refractivity (Wildman–Crippen MR) is 131 cm³/mol. The third-order valence-electron chi connectivity index (χ3n) is 4.96. The molecule has 1 N–H and O–H groups in total. The maximum Gasteiger partial charge on any atom is 0.293 e. The van der Waals surface area contributed by atoms with Crippen molar-refractivity contribution in [3.05, 3.63) is 58.5 Å². The van der Waals surface area contributed by atoms with Crippen molar-refractivity contribution in [2.75, 3.05) is 26.8 Å². The Labute approximate surface area is 207 Å². The van der Waals surface area contributed by atoms with Gasteiger partial charge in [0.25, 0.3) is 17.1 Å². The van der Waals surface area contributed by atoms with Crippen LogP contribution in [0.5, 0.6) is 17.2 Å². The first-order valence-corrected chi connectivity index (χ1v) is 11.7. The summed E-state index contributed by atoms with van der Waals surface area (Å²) in [6, 6.07) is 13.7. The summed E-state index contributed by atoms with van der Waals surface area (Å²) in [7, 11) is 1.53. The average Bonchev–Trinajstić information content (AvgIpc) is 3.12. The molecule has 9 nitrogen and oxygen atoms in total. The second-order valence-electron chi connectivity index (χ2n) is 7.36. The molecule has 1 saturated heterocycles. The molecule has 182 valence electrons. The molecule has 0 radical (unpaired) electrons. The number of carbonyl (C=O) groups is 3. The van der Waals surface area contributed by atoms with Gasteiger partial charge in [0, 0.05) is 13.1 Å². The number of nitriles is 1. The van der Waals surface area contributed by atoms with Gasteiger partial charge in [-0.15, -0.1) is 0 Å². The van der Waals surface area contributed by atoms with Gasteiger partial charge in [0.15, 0.2) is 17.6 Å². The van der Waals surface area contributed by atoms with Crippen LogP contribution in [0.2, 0.25) is 0 Å². The van der Waals surface area contributed by atoms with E-state index in [4.69, 9.17) is 19.5 Å². The van der Waals surface area contributed by atoms with Crippen LogP contribution in [0.25, 0.3) is 6.08 Å². The van der Waals surface area contributed by atoms with Gasteiger partial charge >= 0.3 is 0 Å². The van der Waals surface area contributed by atoms with Crippen LogP contribution >= 0.6 is 11.8 Å². The van der Waals surface area contributed by atoms with Crippen molar-refractivity contribution in [3.63, 3.8) is 0 Å². The molecule has 2 aromatic carbocycles. The summed E-state index contributed by atoms with van der Waals surface area (Å²) in [5.74, 6) is 0.754. The van der Waals surface area contributed by atoms with Crippen LogP contribution in [0, 0.1) is 11.3 Å². The first-order valence-electron chi connectivity index (χ1n) is 10.9. The minimum atomic E-state index is -0.799. The molecule has 3 rings (SSSR count). The number of carbonyl (C=O) groups excluding carboxylic acids is 3. The molecule has 3 amide bonds. The van der Waals surface area contributed by atoms with E-state index in [2.05, 4.69) is 5.32 Å². The van der Waals surface area contributed by atoms with Gasteiger partial charge in [0.1, 0.15) is 5.75 Å². The molecule has 1 atom stereocenters. The summed E-state index contributed by atoms with van der Waals surface area (Å²) >= 11 is 0.841. The zero-order chi connectivity index (χ0) is 25.4. The standard InChI is InChI=1S/C25H25N3O6S/c1-4-33-20-10-7-18(13-21(20)32-3)14-22-24(30)28(25(31)35-22)12-11-27-23(29)16(2)34-19-8-5-17(15-26)6-9-19/h5-10,13-14,16H,4,11-12H2,1-3H3,(H,27,29)/b22-14-. The molecular formula is C25H25N3O6S. The quantitative estimate of drug-likeness (QED) is 0.497. The lowest BCUT2D eigenvalue weighted by Gasteiger charge is -2.16. The fourth-order valence-corrected chi connectivity index (χ4v) is 4.06.